The molecule has 0 atom stereocenters. The van der Waals surface area contributed by atoms with Gasteiger partial charge in [-0.1, -0.05) is 0 Å². The van der Waals surface area contributed by atoms with Crippen molar-refractivity contribution in [3.63, 3.8) is 0 Å². The lowest BCUT2D eigenvalue weighted by Crippen LogP contribution is -2.06. The highest BCUT2D eigenvalue weighted by Crippen LogP contribution is 2.34. The molecule has 2 N–H and O–H groups in total. The number of nitrogens with zero attached hydrogens (tertiary/aromatic N) is 3. The minimum absolute atomic E-state index is 0.000833. The molecule has 108 valence electrons. The Labute approximate surface area is 125 Å². The molecule has 4 nitrogen and oxygen atoms in total. The second-order valence-electron chi connectivity index (χ2n) is 4.40. The third-order valence-corrected chi connectivity index (χ3v) is 3.46. The van der Waals surface area contributed by atoms with Crippen molar-refractivity contribution >= 4 is 27.3 Å². The van der Waals surface area contributed by atoms with E-state index in [4.69, 9.17) is 5.73 Å². The highest BCUT2D eigenvalue weighted by atomic mass is 79.9. The van der Waals surface area contributed by atoms with E-state index in [0.29, 0.717) is 17.0 Å². The summed E-state index contributed by atoms with van der Waals surface area (Å²) in [6, 6.07) is 6.71. The summed E-state index contributed by atoms with van der Waals surface area (Å²) in [6.07, 6.45) is -2.70. The van der Waals surface area contributed by atoms with Crippen molar-refractivity contribution in [3.8, 4) is 11.4 Å². The number of anilines is 1. The van der Waals surface area contributed by atoms with Crippen LogP contribution in [0.4, 0.5) is 18.9 Å². The lowest BCUT2D eigenvalue weighted by Gasteiger charge is -2.10. The first-order chi connectivity index (χ1) is 9.86. The van der Waals surface area contributed by atoms with Gasteiger partial charge < -0.3 is 5.73 Å². The quantitative estimate of drug-likeness (QED) is 0.675. The van der Waals surface area contributed by atoms with E-state index in [1.807, 2.05) is 0 Å². The molecule has 8 heteroatoms. The van der Waals surface area contributed by atoms with Crippen LogP contribution in [0.5, 0.6) is 0 Å². The minimum Gasteiger partial charge on any atom is -0.398 e. The number of nitrogen functional groups attached to an aromatic ring is 1. The molecule has 0 saturated heterocycles. The van der Waals surface area contributed by atoms with Crippen LogP contribution in [0.2, 0.25) is 0 Å². The zero-order chi connectivity index (χ0) is 15.2. The van der Waals surface area contributed by atoms with Crippen molar-refractivity contribution in [1.29, 1.82) is 0 Å². The van der Waals surface area contributed by atoms with Gasteiger partial charge in [0, 0.05) is 21.9 Å². The molecule has 0 radical (unpaired) electrons. The number of aromatic nitrogens is 3. The van der Waals surface area contributed by atoms with Gasteiger partial charge in [0.1, 0.15) is 0 Å². The fraction of sp³-hybridized carbons (Fsp3) is 0.0769. The molecule has 2 aromatic heterocycles. The van der Waals surface area contributed by atoms with Gasteiger partial charge in [-0.05, 0) is 46.3 Å². The van der Waals surface area contributed by atoms with Gasteiger partial charge >= 0.3 is 6.18 Å². The van der Waals surface area contributed by atoms with Crippen molar-refractivity contribution in [2.24, 2.45) is 0 Å². The largest absolute Gasteiger partial charge is 0.416 e. The number of alkyl halides is 3. The number of nitrogens with two attached hydrogens (primary N) is 1. The average molecular weight is 357 g/mol. The number of hydrogen-bond acceptors (Lipinski definition) is 3. The number of pyridine rings is 1. The van der Waals surface area contributed by atoms with Crippen LogP contribution in [0.3, 0.4) is 0 Å². The molecule has 0 bridgehead atoms. The van der Waals surface area contributed by atoms with Crippen LogP contribution in [0.15, 0.2) is 41.0 Å². The Hall–Kier alpha value is -2.09. The average Bonchev–Trinajstić information content (AvgIpc) is 2.80. The zero-order valence-corrected chi connectivity index (χ0v) is 12.0. The first-order valence-corrected chi connectivity index (χ1v) is 6.63. The van der Waals surface area contributed by atoms with E-state index in [1.54, 1.807) is 22.7 Å². The normalized spacial score (nSPS) is 12.0. The second-order valence-corrected chi connectivity index (χ2v) is 5.31. The van der Waals surface area contributed by atoms with E-state index < -0.39 is 11.7 Å². The van der Waals surface area contributed by atoms with Crippen molar-refractivity contribution in [1.82, 2.24) is 14.6 Å². The molecule has 0 saturated carbocycles. The summed E-state index contributed by atoms with van der Waals surface area (Å²) in [5, 5.41) is 7.95. The maximum Gasteiger partial charge on any atom is 0.416 e. The van der Waals surface area contributed by atoms with E-state index in [9.17, 15) is 13.2 Å². The van der Waals surface area contributed by atoms with Crippen LogP contribution in [0.1, 0.15) is 5.56 Å². The molecular formula is C13H8BrF3N4. The Morgan fingerprint density at radius 2 is 1.86 bits per heavy atom. The lowest BCUT2D eigenvalue weighted by atomic mass is 10.1. The molecule has 1 aromatic carbocycles. The Balaban J connectivity index is 2.17. The fourth-order valence-corrected chi connectivity index (χ4v) is 2.33. The van der Waals surface area contributed by atoms with E-state index in [2.05, 4.69) is 26.1 Å². The van der Waals surface area contributed by atoms with Crippen LogP contribution in [-0.4, -0.2) is 14.6 Å². The van der Waals surface area contributed by atoms with Crippen molar-refractivity contribution in [2.45, 2.75) is 6.18 Å². The van der Waals surface area contributed by atoms with Crippen LogP contribution >= 0.6 is 15.9 Å². The van der Waals surface area contributed by atoms with Crippen LogP contribution in [0.25, 0.3) is 17.0 Å². The zero-order valence-electron chi connectivity index (χ0n) is 10.4. The molecule has 3 rings (SSSR count). The Bertz CT molecular complexity index is 826. The maximum atomic E-state index is 12.7. The number of hydrogen-bond donors (Lipinski definition) is 1. The summed E-state index contributed by atoms with van der Waals surface area (Å²) in [5.74, 6) is 0.387. The molecule has 0 aliphatic heterocycles. The molecule has 0 fully saturated rings. The molecule has 3 aromatic rings. The van der Waals surface area contributed by atoms with Crippen LogP contribution < -0.4 is 5.73 Å². The Kier molecular flexibility index (Phi) is 3.12. The van der Waals surface area contributed by atoms with Crippen LogP contribution in [-0.2, 0) is 6.18 Å². The van der Waals surface area contributed by atoms with Gasteiger partial charge in [-0.25, -0.2) is 0 Å². The van der Waals surface area contributed by atoms with Crippen molar-refractivity contribution in [3.05, 3.63) is 46.6 Å². The highest BCUT2D eigenvalue weighted by molar-refractivity contribution is 9.10. The van der Waals surface area contributed by atoms with Gasteiger partial charge in [-0.3, -0.25) is 4.40 Å². The minimum atomic E-state index is -4.43. The fourth-order valence-electron chi connectivity index (χ4n) is 1.99. The Morgan fingerprint density at radius 3 is 2.52 bits per heavy atom. The van der Waals surface area contributed by atoms with E-state index in [-0.39, 0.29) is 5.69 Å². The smallest absolute Gasteiger partial charge is 0.398 e. The maximum absolute atomic E-state index is 12.7. The molecule has 0 aliphatic rings. The van der Waals surface area contributed by atoms with Gasteiger partial charge in [0.2, 0.25) is 0 Å². The second kappa shape index (κ2) is 4.73. The summed E-state index contributed by atoms with van der Waals surface area (Å²) in [6.45, 7) is 0. The van der Waals surface area contributed by atoms with E-state index >= 15 is 0 Å². The van der Waals surface area contributed by atoms with Gasteiger partial charge in [-0.2, -0.15) is 13.2 Å². The number of benzene rings is 1. The molecule has 2 heterocycles. The SMILES string of the molecule is Nc1cc(C(F)(F)F)ccc1-c1nnc2ccc(Br)cn12. The third-order valence-electron chi connectivity index (χ3n) is 2.99. The topological polar surface area (TPSA) is 56.2 Å². The van der Waals surface area contributed by atoms with Gasteiger partial charge in [-0.15, -0.1) is 10.2 Å². The summed E-state index contributed by atoms with van der Waals surface area (Å²) in [7, 11) is 0. The molecule has 0 aliphatic carbocycles. The summed E-state index contributed by atoms with van der Waals surface area (Å²) < 4.78 is 40.4. The number of halogens is 4. The Morgan fingerprint density at radius 1 is 1.10 bits per heavy atom. The third kappa shape index (κ3) is 2.46. The number of rotatable bonds is 1. The van der Waals surface area contributed by atoms with Gasteiger partial charge in [0.05, 0.1) is 5.56 Å². The number of fused-ring (bicyclic) bond motifs is 1. The highest BCUT2D eigenvalue weighted by Gasteiger charge is 2.31. The van der Waals surface area contributed by atoms with Gasteiger partial charge in [0.25, 0.3) is 0 Å². The monoisotopic (exact) mass is 356 g/mol. The molecule has 0 amide bonds. The van der Waals surface area contributed by atoms with Crippen LogP contribution in [0, 0.1) is 0 Å². The van der Waals surface area contributed by atoms with Crippen molar-refractivity contribution < 1.29 is 13.2 Å². The molecule has 21 heavy (non-hydrogen) atoms. The van der Waals surface area contributed by atoms with E-state index in [1.165, 1.54) is 6.07 Å². The molecule has 0 unspecified atom stereocenters. The van der Waals surface area contributed by atoms with E-state index in [0.717, 1.165) is 16.6 Å². The predicted octanol–water partition coefficient (Wildman–Crippen LogP) is 3.76. The molecular weight excluding hydrogens is 349 g/mol. The van der Waals surface area contributed by atoms with Gasteiger partial charge in [0.15, 0.2) is 11.5 Å². The summed E-state index contributed by atoms with van der Waals surface area (Å²) in [5.41, 5.74) is 5.93. The standard InChI is InChI=1S/C13H8BrF3N4/c14-8-2-4-11-19-20-12(21(11)6-8)9-3-1-7(5-10(9)18)13(15,16)17/h1-6H,18H2. The predicted molar refractivity (Wildman–Crippen MR) is 75.5 cm³/mol. The first-order valence-electron chi connectivity index (χ1n) is 5.83. The lowest BCUT2D eigenvalue weighted by molar-refractivity contribution is -0.137. The van der Waals surface area contributed by atoms with Crippen molar-refractivity contribution in [2.75, 3.05) is 5.73 Å². The molecule has 0 spiro atoms. The summed E-state index contributed by atoms with van der Waals surface area (Å²) >= 11 is 3.32. The first kappa shape index (κ1) is 13.9. The summed E-state index contributed by atoms with van der Waals surface area (Å²) in [4.78, 5) is 0.